The third-order valence-electron chi connectivity index (χ3n) is 11.6. The summed E-state index contributed by atoms with van der Waals surface area (Å²) in [5.74, 6) is 0.661. The summed E-state index contributed by atoms with van der Waals surface area (Å²) in [5, 5.41) is 6.12. The fourth-order valence-electron chi connectivity index (χ4n) is 8.85. The van der Waals surface area contributed by atoms with Crippen LogP contribution in [0.5, 0.6) is 0 Å². The highest BCUT2D eigenvalue weighted by molar-refractivity contribution is 7.26. The minimum atomic E-state index is 0.661. The van der Waals surface area contributed by atoms with Gasteiger partial charge in [-0.05, 0) is 48.0 Å². The monoisotopic (exact) mass is 782 g/mol. The van der Waals surface area contributed by atoms with Gasteiger partial charge in [0.1, 0.15) is 0 Å². The number of pyridine rings is 1. The van der Waals surface area contributed by atoms with Crippen LogP contribution in [0, 0.1) is 0 Å². The molecule has 0 unspecified atom stereocenters. The summed E-state index contributed by atoms with van der Waals surface area (Å²) in [7, 11) is 0. The average molecular weight is 783 g/mol. The van der Waals surface area contributed by atoms with E-state index in [1.165, 1.54) is 42.0 Å². The Hall–Kier alpha value is -7.73. The van der Waals surface area contributed by atoms with Gasteiger partial charge in [0.25, 0.3) is 0 Å². The first-order valence-corrected chi connectivity index (χ1v) is 21.0. The predicted molar refractivity (Wildman–Crippen MR) is 252 cm³/mol. The summed E-state index contributed by atoms with van der Waals surface area (Å²) < 4.78 is 4.77. The molecule has 60 heavy (non-hydrogen) atoms. The van der Waals surface area contributed by atoms with E-state index in [-0.39, 0.29) is 0 Å². The summed E-state index contributed by atoms with van der Waals surface area (Å²) in [6, 6.07) is 72.9. The minimum Gasteiger partial charge on any atom is -0.309 e. The molecule has 0 saturated carbocycles. The molecule has 4 heterocycles. The van der Waals surface area contributed by atoms with Gasteiger partial charge in [0.15, 0.2) is 5.82 Å². The van der Waals surface area contributed by atoms with Gasteiger partial charge in [-0.25, -0.2) is 15.0 Å². The third kappa shape index (κ3) is 5.63. The van der Waals surface area contributed by atoms with Gasteiger partial charge in [-0.2, -0.15) is 0 Å². The standard InChI is InChI=1S/C55H34N4S/c1-3-16-35(17-4-1)41-27-15-28-45-51-44-26-9-12-31-50(44)60-54(51)52(58-53(41)45)38-21-13-22-39(32-38)55-56-46(36-18-5-2-6-19-36)34-47(57-55)37-20-14-23-40(33-37)59-48-29-10-7-24-42(48)43-25-8-11-30-49(43)59/h1-34H. The molecule has 0 radical (unpaired) electrons. The Kier molecular flexibility index (Phi) is 8.00. The Morgan fingerprint density at radius 3 is 1.72 bits per heavy atom. The number of fused-ring (bicyclic) bond motifs is 8. The van der Waals surface area contributed by atoms with Crippen LogP contribution in [0.2, 0.25) is 0 Å². The second-order valence-electron chi connectivity index (χ2n) is 15.2. The normalized spacial score (nSPS) is 11.7. The Balaban J connectivity index is 1.05. The molecule has 4 aromatic heterocycles. The van der Waals surface area contributed by atoms with Crippen LogP contribution in [0.25, 0.3) is 115 Å². The van der Waals surface area contributed by atoms with Crippen molar-refractivity contribution in [2.24, 2.45) is 0 Å². The van der Waals surface area contributed by atoms with Crippen LogP contribution in [0.3, 0.4) is 0 Å². The molecular weight excluding hydrogens is 749 g/mol. The number of hydrogen-bond donors (Lipinski definition) is 0. The number of benzene rings is 8. The van der Waals surface area contributed by atoms with Gasteiger partial charge in [0.05, 0.1) is 38.3 Å². The van der Waals surface area contributed by atoms with E-state index in [2.05, 4.69) is 205 Å². The molecule has 0 aliphatic rings. The SMILES string of the molecule is c1ccc(-c2cc(-c3cccc(-n4c5ccccc5c5ccccc54)c3)nc(-c3cccc(-c4nc5c(-c6ccccc6)cccc5c5c4sc4ccccc45)c3)n2)cc1. The molecule has 0 spiro atoms. The van der Waals surface area contributed by atoms with Crippen LogP contribution in [0.4, 0.5) is 0 Å². The highest BCUT2D eigenvalue weighted by atomic mass is 32.1. The second kappa shape index (κ2) is 14.0. The Bertz CT molecular complexity index is 3550. The molecular formula is C55H34N4S. The van der Waals surface area contributed by atoms with Gasteiger partial charge >= 0.3 is 0 Å². The highest BCUT2D eigenvalue weighted by Gasteiger charge is 2.20. The molecule has 4 nitrogen and oxygen atoms in total. The molecule has 8 aromatic carbocycles. The van der Waals surface area contributed by atoms with Crippen LogP contribution in [-0.4, -0.2) is 19.5 Å². The van der Waals surface area contributed by atoms with Crippen LogP contribution in [0.15, 0.2) is 206 Å². The summed E-state index contributed by atoms with van der Waals surface area (Å²) >= 11 is 1.81. The second-order valence-corrected chi connectivity index (χ2v) is 16.2. The quantitative estimate of drug-likeness (QED) is 0.169. The molecule has 0 bridgehead atoms. The van der Waals surface area contributed by atoms with Crippen LogP contribution in [0.1, 0.15) is 0 Å². The Morgan fingerprint density at radius 1 is 0.383 bits per heavy atom. The van der Waals surface area contributed by atoms with E-state index in [0.717, 1.165) is 67.1 Å². The third-order valence-corrected chi connectivity index (χ3v) is 12.8. The van der Waals surface area contributed by atoms with E-state index in [1.807, 2.05) is 6.07 Å². The van der Waals surface area contributed by atoms with E-state index in [4.69, 9.17) is 15.0 Å². The highest BCUT2D eigenvalue weighted by Crippen LogP contribution is 2.45. The van der Waals surface area contributed by atoms with E-state index in [1.54, 1.807) is 11.3 Å². The zero-order valence-corrected chi connectivity index (χ0v) is 33.1. The predicted octanol–water partition coefficient (Wildman–Crippen LogP) is 14.8. The largest absolute Gasteiger partial charge is 0.309 e. The van der Waals surface area contributed by atoms with Gasteiger partial charge in [-0.3, -0.25) is 0 Å². The summed E-state index contributed by atoms with van der Waals surface area (Å²) in [6.45, 7) is 0. The number of para-hydroxylation sites is 3. The van der Waals surface area contributed by atoms with E-state index in [9.17, 15) is 0 Å². The zero-order chi connectivity index (χ0) is 39.6. The lowest BCUT2D eigenvalue weighted by Gasteiger charge is -2.13. The number of aromatic nitrogens is 4. The van der Waals surface area contributed by atoms with Crippen LogP contribution < -0.4 is 0 Å². The van der Waals surface area contributed by atoms with E-state index < -0.39 is 0 Å². The molecule has 0 aliphatic heterocycles. The van der Waals surface area contributed by atoms with Crippen molar-refractivity contribution in [3.63, 3.8) is 0 Å². The van der Waals surface area contributed by atoms with Crippen molar-refractivity contribution in [1.82, 2.24) is 19.5 Å². The molecule has 0 atom stereocenters. The van der Waals surface area contributed by atoms with Crippen molar-refractivity contribution >= 4 is 64.2 Å². The lowest BCUT2D eigenvalue weighted by Crippen LogP contribution is -1.98. The molecule has 0 aliphatic carbocycles. The maximum absolute atomic E-state index is 5.55. The van der Waals surface area contributed by atoms with Gasteiger partial charge in [-0.15, -0.1) is 11.3 Å². The van der Waals surface area contributed by atoms with E-state index in [0.29, 0.717) is 5.82 Å². The van der Waals surface area contributed by atoms with E-state index >= 15 is 0 Å². The van der Waals surface area contributed by atoms with Crippen molar-refractivity contribution in [1.29, 1.82) is 0 Å². The number of nitrogens with zero attached hydrogens (tertiary/aromatic N) is 4. The zero-order valence-electron chi connectivity index (χ0n) is 32.3. The molecule has 0 saturated heterocycles. The maximum Gasteiger partial charge on any atom is 0.160 e. The fraction of sp³-hybridized carbons (Fsp3) is 0. The molecule has 0 N–H and O–H groups in total. The first kappa shape index (κ1) is 34.3. The summed E-state index contributed by atoms with van der Waals surface area (Å²) in [5.41, 5.74) is 13.4. The summed E-state index contributed by atoms with van der Waals surface area (Å²) in [6.07, 6.45) is 0. The van der Waals surface area contributed by atoms with Crippen LogP contribution in [-0.2, 0) is 0 Å². The van der Waals surface area contributed by atoms with Crippen molar-refractivity contribution < 1.29 is 0 Å². The van der Waals surface area contributed by atoms with Crippen molar-refractivity contribution in [3.05, 3.63) is 206 Å². The van der Waals surface area contributed by atoms with Crippen molar-refractivity contribution in [2.75, 3.05) is 0 Å². The van der Waals surface area contributed by atoms with Crippen LogP contribution >= 0.6 is 11.3 Å². The topological polar surface area (TPSA) is 43.6 Å². The molecule has 12 aromatic rings. The number of rotatable bonds is 6. The molecule has 5 heteroatoms. The Morgan fingerprint density at radius 2 is 0.950 bits per heavy atom. The fourth-order valence-corrected chi connectivity index (χ4v) is 10.1. The number of thiophene rings is 1. The molecule has 12 rings (SSSR count). The van der Waals surface area contributed by atoms with Gasteiger partial charge < -0.3 is 4.57 Å². The average Bonchev–Trinajstić information content (AvgIpc) is 3.88. The number of hydrogen-bond acceptors (Lipinski definition) is 4. The van der Waals surface area contributed by atoms with Crippen molar-refractivity contribution in [2.45, 2.75) is 0 Å². The summed E-state index contributed by atoms with van der Waals surface area (Å²) in [4.78, 5) is 16.2. The molecule has 280 valence electrons. The van der Waals surface area contributed by atoms with Gasteiger partial charge in [-0.1, -0.05) is 164 Å². The van der Waals surface area contributed by atoms with Gasteiger partial charge in [0, 0.05) is 65.1 Å². The minimum absolute atomic E-state index is 0.661. The van der Waals surface area contributed by atoms with Gasteiger partial charge in [0.2, 0.25) is 0 Å². The van der Waals surface area contributed by atoms with Crippen molar-refractivity contribution in [3.8, 4) is 62.0 Å². The first-order valence-electron chi connectivity index (χ1n) is 20.2. The molecule has 0 amide bonds. The molecule has 0 fully saturated rings. The Labute approximate surface area is 350 Å². The first-order chi connectivity index (χ1) is 29.7. The smallest absolute Gasteiger partial charge is 0.160 e. The lowest BCUT2D eigenvalue weighted by atomic mass is 9.97. The maximum atomic E-state index is 5.55. The lowest BCUT2D eigenvalue weighted by molar-refractivity contribution is 1.16.